The number of ether oxygens (including phenoxy) is 1. The molecule has 4 aromatic rings. The number of fused-ring (bicyclic) bond motifs is 5. The Kier molecular flexibility index (Phi) is 7.76. The van der Waals surface area contributed by atoms with Crippen molar-refractivity contribution >= 4 is 58.2 Å². The van der Waals surface area contributed by atoms with Crippen molar-refractivity contribution in [1.82, 2.24) is 5.01 Å². The van der Waals surface area contributed by atoms with Gasteiger partial charge in [-0.3, -0.25) is 29.5 Å². The molecule has 12 heteroatoms. The van der Waals surface area contributed by atoms with Gasteiger partial charge in [-0.05, 0) is 109 Å². The van der Waals surface area contributed by atoms with E-state index in [1.807, 2.05) is 6.08 Å². The maximum absolute atomic E-state index is 15.3. The molecule has 2 N–H and O–H groups in total. The van der Waals surface area contributed by atoms with Crippen LogP contribution in [0.2, 0.25) is 10.0 Å². The molecular formula is C41H30Cl2FN3O6. The molecule has 266 valence electrons. The number of phenols is 1. The molecular weight excluding hydrogens is 720 g/mol. The Bertz CT molecular complexity index is 2290. The summed E-state index contributed by atoms with van der Waals surface area (Å²) in [6.45, 7) is 0. The molecule has 0 aromatic heterocycles. The van der Waals surface area contributed by atoms with Gasteiger partial charge < -0.3 is 9.84 Å². The van der Waals surface area contributed by atoms with Crippen molar-refractivity contribution in [3.05, 3.63) is 141 Å². The minimum atomic E-state index is -1.55. The van der Waals surface area contributed by atoms with Crippen LogP contribution in [0, 0.1) is 35.4 Å². The number of nitrogens with one attached hydrogen (secondary N) is 1. The van der Waals surface area contributed by atoms with Gasteiger partial charge in [0.25, 0.3) is 11.8 Å². The Morgan fingerprint density at radius 3 is 2.25 bits per heavy atom. The number of rotatable bonds is 5. The first-order valence-corrected chi connectivity index (χ1v) is 18.0. The third-order valence-corrected chi connectivity index (χ3v) is 12.0. The molecule has 4 amide bonds. The predicted molar refractivity (Wildman–Crippen MR) is 194 cm³/mol. The maximum atomic E-state index is 15.3. The van der Waals surface area contributed by atoms with Crippen LogP contribution in [0.15, 0.2) is 114 Å². The zero-order chi connectivity index (χ0) is 36.8. The largest absolute Gasteiger partial charge is 0.508 e. The maximum Gasteiger partial charge on any atom is 0.260 e. The fourth-order valence-corrected chi connectivity index (χ4v) is 9.57. The fraction of sp³-hybridized carbons (Fsp3) is 0.220. The van der Waals surface area contributed by atoms with E-state index in [0.29, 0.717) is 43.9 Å². The Balaban J connectivity index is 1.23. The molecule has 3 heterocycles. The summed E-state index contributed by atoms with van der Waals surface area (Å²) in [7, 11) is 0. The lowest BCUT2D eigenvalue weighted by Crippen LogP contribution is -2.55. The summed E-state index contributed by atoms with van der Waals surface area (Å²) in [5, 5.41) is 12.3. The quantitative estimate of drug-likeness (QED) is 0.162. The van der Waals surface area contributed by atoms with Crippen LogP contribution in [0.5, 0.6) is 11.5 Å². The Morgan fingerprint density at radius 2 is 1.53 bits per heavy atom. The normalized spacial score (nSPS) is 27.3. The number of allylic oxidation sites excluding steroid dienone is 3. The monoisotopic (exact) mass is 749 g/mol. The first kappa shape index (κ1) is 33.4. The molecule has 6 atom stereocenters. The third-order valence-electron chi connectivity index (χ3n) is 11.5. The topological polar surface area (TPSA) is 116 Å². The molecule has 3 fully saturated rings. The van der Waals surface area contributed by atoms with E-state index in [9.17, 15) is 23.9 Å². The highest BCUT2D eigenvalue weighted by Gasteiger charge is 2.70. The van der Waals surface area contributed by atoms with Gasteiger partial charge in [0.15, 0.2) is 0 Å². The number of amides is 4. The zero-order valence-corrected chi connectivity index (χ0v) is 29.4. The van der Waals surface area contributed by atoms with Gasteiger partial charge in [-0.1, -0.05) is 47.0 Å². The van der Waals surface area contributed by atoms with Crippen molar-refractivity contribution in [2.75, 3.05) is 10.3 Å². The molecule has 0 radical (unpaired) electrons. The molecule has 1 saturated carbocycles. The van der Waals surface area contributed by atoms with E-state index in [2.05, 4.69) is 5.43 Å². The van der Waals surface area contributed by atoms with Crippen LogP contribution in [0.1, 0.15) is 24.0 Å². The molecule has 2 saturated heterocycles. The number of halogens is 3. The van der Waals surface area contributed by atoms with Gasteiger partial charge >= 0.3 is 0 Å². The Hall–Kier alpha value is -5.45. The average molecular weight is 751 g/mol. The molecule has 53 heavy (non-hydrogen) atoms. The molecule has 3 aliphatic heterocycles. The van der Waals surface area contributed by atoms with Crippen LogP contribution in [0.25, 0.3) is 0 Å². The number of hydrazine groups is 1. The lowest BCUT2D eigenvalue weighted by molar-refractivity contribution is -0.139. The number of phenolic OH excluding ortho intramolecular Hbond substituents is 1. The second-order valence-corrected chi connectivity index (χ2v) is 15.0. The minimum absolute atomic E-state index is 0.0410. The van der Waals surface area contributed by atoms with E-state index in [1.165, 1.54) is 35.2 Å². The van der Waals surface area contributed by atoms with E-state index in [0.717, 1.165) is 10.6 Å². The zero-order valence-electron chi connectivity index (χ0n) is 27.8. The van der Waals surface area contributed by atoms with Crippen molar-refractivity contribution in [2.45, 2.75) is 24.7 Å². The summed E-state index contributed by atoms with van der Waals surface area (Å²) in [4.78, 5) is 59.9. The second kappa shape index (κ2) is 12.3. The summed E-state index contributed by atoms with van der Waals surface area (Å²) < 4.78 is 20.1. The fourth-order valence-electron chi connectivity index (χ4n) is 9.32. The highest BCUT2D eigenvalue weighted by Crippen LogP contribution is 2.63. The Labute approximate surface area is 313 Å². The molecule has 5 aliphatic rings. The molecule has 4 aromatic carbocycles. The van der Waals surface area contributed by atoms with Crippen LogP contribution in [0.3, 0.4) is 0 Å². The number of imide groups is 2. The van der Waals surface area contributed by atoms with Crippen LogP contribution < -0.4 is 15.1 Å². The summed E-state index contributed by atoms with van der Waals surface area (Å²) >= 11 is 12.5. The van der Waals surface area contributed by atoms with Crippen LogP contribution in [0.4, 0.5) is 15.8 Å². The number of nitrogens with zero attached hydrogens (tertiary/aromatic N) is 2. The van der Waals surface area contributed by atoms with Crippen molar-refractivity contribution in [3.63, 3.8) is 0 Å². The number of anilines is 2. The number of aromatic hydroxyl groups is 1. The second-order valence-electron chi connectivity index (χ2n) is 14.1. The van der Waals surface area contributed by atoms with Crippen LogP contribution in [-0.4, -0.2) is 33.7 Å². The summed E-state index contributed by atoms with van der Waals surface area (Å²) in [5.41, 5.74) is 4.78. The van der Waals surface area contributed by atoms with Gasteiger partial charge in [0.2, 0.25) is 11.8 Å². The third kappa shape index (κ3) is 5.03. The van der Waals surface area contributed by atoms with Crippen LogP contribution in [-0.2, 0) is 31.0 Å². The molecule has 0 spiro atoms. The molecule has 2 aliphatic carbocycles. The Morgan fingerprint density at radius 1 is 0.830 bits per heavy atom. The summed E-state index contributed by atoms with van der Waals surface area (Å²) in [6.07, 6.45) is 4.17. The lowest BCUT2D eigenvalue weighted by Gasteiger charge is -2.51. The highest BCUT2D eigenvalue weighted by molar-refractivity contribution is 6.31. The SMILES string of the molecule is O=C1[C@@H]2C[C@@H]3C(=CC[C@@H]4C(=O)N(c5ccc(Cl)cc5)C(=O)[C@@H]43)[C@H](C3=COc4ccc(O)cc4C3)[C@]2(c2ccc(Cl)cc2)C(=O)N1Nc1ccc(F)cc1. The first-order chi connectivity index (χ1) is 25.6. The number of carbonyl (C=O) groups excluding carboxylic acids is 4. The summed E-state index contributed by atoms with van der Waals surface area (Å²) in [5.74, 6) is -5.56. The van der Waals surface area contributed by atoms with Crippen molar-refractivity contribution in [1.29, 1.82) is 0 Å². The molecule has 9 nitrogen and oxygen atoms in total. The smallest absolute Gasteiger partial charge is 0.260 e. The van der Waals surface area contributed by atoms with E-state index in [4.69, 9.17) is 27.9 Å². The number of carbonyl (C=O) groups is 4. The van der Waals surface area contributed by atoms with Gasteiger partial charge in [-0.15, -0.1) is 0 Å². The molecule has 0 unspecified atom stereocenters. The first-order valence-electron chi connectivity index (χ1n) is 17.2. The van der Waals surface area contributed by atoms with Gasteiger partial charge in [0.1, 0.15) is 17.3 Å². The number of benzene rings is 4. The van der Waals surface area contributed by atoms with Gasteiger partial charge in [0, 0.05) is 27.9 Å². The van der Waals surface area contributed by atoms with E-state index < -0.39 is 52.6 Å². The highest BCUT2D eigenvalue weighted by atomic mass is 35.5. The van der Waals surface area contributed by atoms with E-state index >= 15 is 4.79 Å². The van der Waals surface area contributed by atoms with Crippen molar-refractivity contribution in [2.24, 2.45) is 29.6 Å². The predicted octanol–water partition coefficient (Wildman–Crippen LogP) is 7.38. The number of hydrogen-bond acceptors (Lipinski definition) is 7. The lowest BCUT2D eigenvalue weighted by atomic mass is 9.48. The minimum Gasteiger partial charge on any atom is -0.508 e. The van der Waals surface area contributed by atoms with Crippen LogP contribution >= 0.6 is 23.2 Å². The van der Waals surface area contributed by atoms with Crippen molar-refractivity contribution < 1.29 is 33.4 Å². The summed E-state index contributed by atoms with van der Waals surface area (Å²) in [6, 6.07) is 23.5. The van der Waals surface area contributed by atoms with Gasteiger partial charge in [-0.2, -0.15) is 5.01 Å². The van der Waals surface area contributed by atoms with Crippen molar-refractivity contribution in [3.8, 4) is 11.5 Å². The molecule has 0 bridgehead atoms. The molecule has 9 rings (SSSR count). The van der Waals surface area contributed by atoms with E-state index in [1.54, 1.807) is 66.9 Å². The van der Waals surface area contributed by atoms with E-state index in [-0.39, 0.29) is 36.8 Å². The number of hydrogen-bond donors (Lipinski definition) is 2. The van der Waals surface area contributed by atoms with Gasteiger partial charge in [-0.25, -0.2) is 4.39 Å². The standard InChI is InChI=1S/C41H30Cl2FN3O6/c42-24-3-1-23(2-4-24)41-33(38(50)47(40(41)52)45-27-9-7-26(44)8-10-27)19-32-30(36(41)22-17-21-18-29(48)13-16-34(21)53-20-22)14-15-31-35(32)39(51)46(37(31)49)28-11-5-25(43)6-12-28/h1-14,16,18,20,31-33,35-36,45,48H,15,17,19H2/t31-,32+,33-,35-,36-,41+/m0/s1. The average Bonchev–Trinajstić information content (AvgIpc) is 3.53. The van der Waals surface area contributed by atoms with Gasteiger partial charge in [0.05, 0.1) is 40.8 Å².